The molecule has 0 heterocycles. The number of hydrogen-bond donors (Lipinski definition) is 2. The van der Waals surface area contributed by atoms with Gasteiger partial charge >= 0.3 is 0 Å². The van der Waals surface area contributed by atoms with Crippen LogP contribution in [0.4, 0.5) is 11.4 Å². The van der Waals surface area contributed by atoms with E-state index in [0.717, 1.165) is 49.9 Å². The third kappa shape index (κ3) is 12.1. The monoisotopic (exact) mass is 602 g/mol. The first-order chi connectivity index (χ1) is 22.0. The molecule has 4 aromatic carbocycles. The minimum Gasteiger partial charge on any atom is -0.399 e. The van der Waals surface area contributed by atoms with E-state index in [1.54, 1.807) is 0 Å². The molecule has 0 aliphatic carbocycles. The molecule has 0 aromatic heterocycles. The fraction of sp³-hybridized carbons (Fsp3) is 0.442. The Hall–Kier alpha value is -3.52. The van der Waals surface area contributed by atoms with Gasteiger partial charge in [-0.15, -0.1) is 0 Å². The highest BCUT2D eigenvalue weighted by atomic mass is 14.5. The summed E-state index contributed by atoms with van der Waals surface area (Å²) in [6.45, 7) is 4.55. The molecular weight excluding hydrogens is 544 g/mol. The second-order valence-corrected chi connectivity index (χ2v) is 13.2. The topological polar surface area (TPSA) is 52.0 Å². The van der Waals surface area contributed by atoms with Crippen molar-refractivity contribution in [3.63, 3.8) is 0 Å². The molecule has 0 spiro atoms. The van der Waals surface area contributed by atoms with Crippen LogP contribution >= 0.6 is 0 Å². The number of aryl methyl sites for hydroxylation is 4. The number of unbranched alkanes of at least 4 members (excludes halogenated alkanes) is 8. The van der Waals surface area contributed by atoms with Crippen molar-refractivity contribution in [1.82, 2.24) is 0 Å². The molecule has 2 nitrogen and oxygen atoms in total. The van der Waals surface area contributed by atoms with Crippen LogP contribution < -0.4 is 11.5 Å². The first-order valence-electron chi connectivity index (χ1n) is 17.9. The molecule has 0 radical (unpaired) electrons. The van der Waals surface area contributed by atoms with E-state index in [1.165, 1.54) is 115 Å². The van der Waals surface area contributed by atoms with Gasteiger partial charge in [-0.25, -0.2) is 0 Å². The molecular formula is C43H58N2. The van der Waals surface area contributed by atoms with Crippen molar-refractivity contribution in [2.45, 2.75) is 123 Å². The van der Waals surface area contributed by atoms with Crippen LogP contribution in [0.3, 0.4) is 0 Å². The highest BCUT2D eigenvalue weighted by Gasteiger charge is 2.08. The average Bonchev–Trinajstić information content (AvgIpc) is 3.05. The van der Waals surface area contributed by atoms with E-state index >= 15 is 0 Å². The van der Waals surface area contributed by atoms with Crippen molar-refractivity contribution in [1.29, 1.82) is 0 Å². The van der Waals surface area contributed by atoms with Crippen LogP contribution in [0.15, 0.2) is 84.9 Å². The van der Waals surface area contributed by atoms with Gasteiger partial charge in [0, 0.05) is 11.4 Å². The fourth-order valence-electron chi connectivity index (χ4n) is 6.52. The molecule has 0 aliphatic heterocycles. The Bertz CT molecular complexity index is 1290. The Balaban J connectivity index is 1.23. The van der Waals surface area contributed by atoms with Crippen molar-refractivity contribution < 1.29 is 0 Å². The molecule has 0 fully saturated rings. The van der Waals surface area contributed by atoms with Crippen LogP contribution in [0.2, 0.25) is 0 Å². The molecule has 0 bridgehead atoms. The molecule has 0 atom stereocenters. The Labute approximate surface area is 274 Å². The Morgan fingerprint density at radius 3 is 1.13 bits per heavy atom. The van der Waals surface area contributed by atoms with Gasteiger partial charge < -0.3 is 11.5 Å². The highest BCUT2D eigenvalue weighted by molar-refractivity contribution is 5.47. The van der Waals surface area contributed by atoms with E-state index in [1.807, 2.05) is 0 Å². The highest BCUT2D eigenvalue weighted by Crippen LogP contribution is 2.23. The van der Waals surface area contributed by atoms with Crippen molar-refractivity contribution in [2.75, 3.05) is 11.5 Å². The lowest BCUT2D eigenvalue weighted by molar-refractivity contribution is 0.631. The summed E-state index contributed by atoms with van der Waals surface area (Å²) in [5, 5.41) is 0. The van der Waals surface area contributed by atoms with Crippen molar-refractivity contribution in [3.05, 3.63) is 129 Å². The molecule has 45 heavy (non-hydrogen) atoms. The predicted molar refractivity (Wildman–Crippen MR) is 197 cm³/mol. The van der Waals surface area contributed by atoms with Gasteiger partial charge in [0.15, 0.2) is 0 Å². The lowest BCUT2D eigenvalue weighted by Crippen LogP contribution is -1.99. The minimum atomic E-state index is 0.881. The maximum Gasteiger partial charge on any atom is 0.0316 e. The summed E-state index contributed by atoms with van der Waals surface area (Å²) in [6.07, 6.45) is 20.7. The first kappa shape index (κ1) is 34.4. The van der Waals surface area contributed by atoms with E-state index < -0.39 is 0 Å². The molecule has 4 N–H and O–H groups in total. The van der Waals surface area contributed by atoms with Gasteiger partial charge in [-0.2, -0.15) is 0 Å². The van der Waals surface area contributed by atoms with Crippen molar-refractivity contribution in [2.24, 2.45) is 0 Å². The zero-order valence-electron chi connectivity index (χ0n) is 28.3. The minimum absolute atomic E-state index is 0.881. The van der Waals surface area contributed by atoms with Crippen LogP contribution in [0.1, 0.15) is 129 Å². The Morgan fingerprint density at radius 2 is 0.733 bits per heavy atom. The number of anilines is 2. The maximum absolute atomic E-state index is 6.15. The SMILES string of the molecule is CCCCCCCc1cc(N)ccc1Cc1ccc(CCCc2ccc(Cc3ccc(N)cc3CCCCCCC)cc2)cc1. The third-order valence-electron chi connectivity index (χ3n) is 9.33. The zero-order valence-corrected chi connectivity index (χ0v) is 28.3. The van der Waals surface area contributed by atoms with Crippen molar-refractivity contribution in [3.8, 4) is 0 Å². The number of hydrogen-bond acceptors (Lipinski definition) is 2. The van der Waals surface area contributed by atoms with Crippen LogP contribution in [-0.4, -0.2) is 0 Å². The van der Waals surface area contributed by atoms with Crippen LogP contribution in [-0.2, 0) is 38.5 Å². The predicted octanol–water partition coefficient (Wildman–Crippen LogP) is 11.2. The van der Waals surface area contributed by atoms with Gasteiger partial charge in [-0.3, -0.25) is 0 Å². The molecule has 0 amide bonds. The van der Waals surface area contributed by atoms with E-state index in [0.29, 0.717) is 0 Å². The summed E-state index contributed by atoms with van der Waals surface area (Å²) < 4.78 is 0. The van der Waals surface area contributed by atoms with Gasteiger partial charge in [0.25, 0.3) is 0 Å². The lowest BCUT2D eigenvalue weighted by atomic mass is 9.94. The van der Waals surface area contributed by atoms with E-state index in [4.69, 9.17) is 11.5 Å². The summed E-state index contributed by atoms with van der Waals surface area (Å²) in [5.41, 5.74) is 25.4. The number of rotatable bonds is 20. The largest absolute Gasteiger partial charge is 0.399 e. The summed E-state index contributed by atoms with van der Waals surface area (Å²) in [5.74, 6) is 0. The lowest BCUT2D eigenvalue weighted by Gasteiger charge is -2.12. The first-order valence-corrected chi connectivity index (χ1v) is 17.9. The van der Waals surface area contributed by atoms with Gasteiger partial charge in [0.05, 0.1) is 0 Å². The average molecular weight is 603 g/mol. The second kappa shape index (κ2) is 19.1. The van der Waals surface area contributed by atoms with E-state index in [-0.39, 0.29) is 0 Å². The molecule has 4 aromatic rings. The molecule has 0 saturated carbocycles. The fourth-order valence-corrected chi connectivity index (χ4v) is 6.52. The van der Waals surface area contributed by atoms with Crippen LogP contribution in [0, 0.1) is 0 Å². The zero-order chi connectivity index (χ0) is 31.7. The van der Waals surface area contributed by atoms with Gasteiger partial charge in [0.1, 0.15) is 0 Å². The smallest absolute Gasteiger partial charge is 0.0316 e. The molecule has 0 saturated heterocycles. The summed E-state index contributed by atoms with van der Waals surface area (Å²) >= 11 is 0. The molecule has 0 unspecified atom stereocenters. The Morgan fingerprint density at radius 1 is 0.356 bits per heavy atom. The van der Waals surface area contributed by atoms with E-state index in [9.17, 15) is 0 Å². The number of benzene rings is 4. The van der Waals surface area contributed by atoms with Gasteiger partial charge in [-0.1, -0.05) is 126 Å². The summed E-state index contributed by atoms with van der Waals surface area (Å²) in [6, 6.07) is 31.6. The van der Waals surface area contributed by atoms with Gasteiger partial charge in [-0.05, 0) is 127 Å². The van der Waals surface area contributed by atoms with E-state index in [2.05, 4.69) is 98.8 Å². The van der Waals surface area contributed by atoms with Gasteiger partial charge in [0.2, 0.25) is 0 Å². The maximum atomic E-state index is 6.15. The Kier molecular flexibility index (Phi) is 14.6. The quantitative estimate of drug-likeness (QED) is 0.0781. The second-order valence-electron chi connectivity index (χ2n) is 13.2. The molecule has 4 rings (SSSR count). The van der Waals surface area contributed by atoms with Crippen LogP contribution in [0.5, 0.6) is 0 Å². The molecule has 2 heteroatoms. The molecule has 0 aliphatic rings. The standard InChI is InChI=1S/C43H58N2/c1-3-5-7-9-11-16-38-32-42(44)28-26-40(38)30-36-22-18-34(19-23-36)14-13-15-35-20-24-37(25-21-35)31-41-27-29-43(45)33-39(41)17-12-10-8-6-4-2/h18-29,32-33H,3-17,30-31,44-45H2,1-2H3. The van der Waals surface area contributed by atoms with Crippen LogP contribution in [0.25, 0.3) is 0 Å². The number of nitrogens with two attached hydrogens (primary N) is 2. The normalized spacial score (nSPS) is 11.2. The summed E-state index contributed by atoms with van der Waals surface area (Å²) in [4.78, 5) is 0. The van der Waals surface area contributed by atoms with Crippen molar-refractivity contribution >= 4 is 11.4 Å². The summed E-state index contributed by atoms with van der Waals surface area (Å²) in [7, 11) is 0. The number of nitrogen functional groups attached to an aromatic ring is 2. The third-order valence-corrected chi connectivity index (χ3v) is 9.33. The molecule has 240 valence electrons.